The zero-order valence-electron chi connectivity index (χ0n) is 8.53. The molecule has 2 aliphatic carbocycles. The Bertz CT molecular complexity index is 447. The lowest BCUT2D eigenvalue weighted by Gasteiger charge is -2.31. The highest BCUT2D eigenvalue weighted by Gasteiger charge is 2.24. The van der Waals surface area contributed by atoms with E-state index in [1.165, 1.54) is 16.8 Å². The Kier molecular flexibility index (Phi) is 1.81. The van der Waals surface area contributed by atoms with Crippen LogP contribution in [0.1, 0.15) is 12.8 Å². The van der Waals surface area contributed by atoms with Crippen LogP contribution in [-0.4, -0.2) is 6.04 Å². The fraction of sp³-hybridized carbons (Fsp3) is 0.231. The number of nitrogens with two attached hydrogens (primary N) is 1. The molecule has 0 bridgehead atoms. The number of fused-ring (bicyclic) bond motifs is 1. The van der Waals surface area contributed by atoms with Crippen molar-refractivity contribution < 1.29 is 0 Å². The van der Waals surface area contributed by atoms with E-state index < -0.39 is 0 Å². The summed E-state index contributed by atoms with van der Waals surface area (Å²) >= 11 is 0. The summed E-state index contributed by atoms with van der Waals surface area (Å²) < 4.78 is 0. The van der Waals surface area contributed by atoms with Gasteiger partial charge in [0.25, 0.3) is 0 Å². The topological polar surface area (TPSA) is 38.0 Å². The normalized spacial score (nSPS) is 27.6. The molecule has 2 heteroatoms. The van der Waals surface area contributed by atoms with E-state index in [-0.39, 0.29) is 6.04 Å². The van der Waals surface area contributed by atoms with Crippen molar-refractivity contribution in [2.45, 2.75) is 18.9 Å². The van der Waals surface area contributed by atoms with Crippen LogP contribution in [0.3, 0.4) is 0 Å². The van der Waals surface area contributed by atoms with Crippen molar-refractivity contribution >= 4 is 0 Å². The molecule has 0 saturated carbocycles. The summed E-state index contributed by atoms with van der Waals surface area (Å²) in [5.74, 6) is 0. The van der Waals surface area contributed by atoms with Crippen molar-refractivity contribution in [3.63, 3.8) is 0 Å². The summed E-state index contributed by atoms with van der Waals surface area (Å²) in [4.78, 5) is 0. The third-order valence-corrected chi connectivity index (χ3v) is 3.13. The van der Waals surface area contributed by atoms with Gasteiger partial charge in [-0.1, -0.05) is 36.5 Å². The van der Waals surface area contributed by atoms with Crippen LogP contribution in [0.15, 0.2) is 59.0 Å². The Labute approximate surface area is 89.5 Å². The maximum absolute atomic E-state index is 6.19. The number of hydrogen-bond acceptors (Lipinski definition) is 2. The minimum Gasteiger partial charge on any atom is -0.398 e. The van der Waals surface area contributed by atoms with Gasteiger partial charge in [-0.25, -0.2) is 0 Å². The first-order valence-corrected chi connectivity index (χ1v) is 5.37. The van der Waals surface area contributed by atoms with Gasteiger partial charge in [0.1, 0.15) is 0 Å². The standard InChI is InChI=1S/C13H14N2/c14-13-9-5-1-3-7-11(9)15-12-8-4-2-6-10(12)13/h1-3,5-7,11,15H,4,8,14H2/t11-/m0/s1. The van der Waals surface area contributed by atoms with Crippen LogP contribution < -0.4 is 11.1 Å². The van der Waals surface area contributed by atoms with Gasteiger partial charge in [-0.05, 0) is 12.8 Å². The lowest BCUT2D eigenvalue weighted by Crippen LogP contribution is -2.36. The molecule has 3 aliphatic rings. The summed E-state index contributed by atoms with van der Waals surface area (Å²) in [6, 6.07) is 0.278. The summed E-state index contributed by atoms with van der Waals surface area (Å²) in [5.41, 5.74) is 10.8. The van der Waals surface area contributed by atoms with Gasteiger partial charge in [0.15, 0.2) is 0 Å². The molecule has 15 heavy (non-hydrogen) atoms. The number of allylic oxidation sites excluding steroid dienone is 5. The first kappa shape index (κ1) is 8.60. The average Bonchev–Trinajstić information content (AvgIpc) is 2.30. The molecule has 3 N–H and O–H groups in total. The van der Waals surface area contributed by atoms with Crippen LogP contribution in [0.4, 0.5) is 0 Å². The number of dihydropyridines is 1. The Morgan fingerprint density at radius 2 is 2.20 bits per heavy atom. The van der Waals surface area contributed by atoms with Gasteiger partial charge in [0.2, 0.25) is 0 Å². The number of hydrogen-bond donors (Lipinski definition) is 2. The van der Waals surface area contributed by atoms with Crippen molar-refractivity contribution in [2.24, 2.45) is 5.73 Å². The molecule has 0 saturated heterocycles. The molecule has 0 radical (unpaired) electrons. The fourth-order valence-corrected chi connectivity index (χ4v) is 2.33. The maximum Gasteiger partial charge on any atom is 0.0718 e. The third kappa shape index (κ3) is 1.25. The fourth-order valence-electron chi connectivity index (χ4n) is 2.33. The van der Waals surface area contributed by atoms with Gasteiger partial charge >= 0.3 is 0 Å². The SMILES string of the molecule is NC1=C2C=CC=C[C@@H]2NC2=C1C=CCC2. The second-order valence-electron chi connectivity index (χ2n) is 4.07. The lowest BCUT2D eigenvalue weighted by atomic mass is 9.88. The van der Waals surface area contributed by atoms with E-state index in [4.69, 9.17) is 5.73 Å². The molecular formula is C13H14N2. The quantitative estimate of drug-likeness (QED) is 0.624. The molecule has 2 nitrogen and oxygen atoms in total. The molecule has 0 aromatic rings. The monoisotopic (exact) mass is 198 g/mol. The minimum atomic E-state index is 0.278. The summed E-state index contributed by atoms with van der Waals surface area (Å²) in [5, 5.41) is 3.54. The first-order chi connectivity index (χ1) is 7.36. The van der Waals surface area contributed by atoms with E-state index in [1.807, 2.05) is 6.08 Å². The first-order valence-electron chi connectivity index (χ1n) is 5.37. The highest BCUT2D eigenvalue weighted by atomic mass is 14.9. The van der Waals surface area contributed by atoms with E-state index in [0.717, 1.165) is 18.5 Å². The Balaban J connectivity index is 2.11. The van der Waals surface area contributed by atoms with Crippen LogP contribution in [0, 0.1) is 0 Å². The molecule has 3 rings (SSSR count). The Morgan fingerprint density at radius 1 is 1.27 bits per heavy atom. The predicted octanol–water partition coefficient (Wildman–Crippen LogP) is 1.90. The van der Waals surface area contributed by atoms with Crippen LogP contribution in [0.25, 0.3) is 0 Å². The summed E-state index contributed by atoms with van der Waals surface area (Å²) in [6.45, 7) is 0. The van der Waals surface area contributed by atoms with Crippen LogP contribution in [0.5, 0.6) is 0 Å². The third-order valence-electron chi connectivity index (χ3n) is 3.13. The maximum atomic E-state index is 6.19. The molecule has 1 atom stereocenters. The van der Waals surface area contributed by atoms with E-state index >= 15 is 0 Å². The zero-order chi connectivity index (χ0) is 10.3. The second-order valence-corrected chi connectivity index (χ2v) is 4.07. The zero-order valence-corrected chi connectivity index (χ0v) is 8.53. The van der Waals surface area contributed by atoms with Crippen LogP contribution in [0.2, 0.25) is 0 Å². The predicted molar refractivity (Wildman–Crippen MR) is 61.8 cm³/mol. The van der Waals surface area contributed by atoms with E-state index in [0.29, 0.717) is 0 Å². The lowest BCUT2D eigenvalue weighted by molar-refractivity contribution is 0.679. The van der Waals surface area contributed by atoms with E-state index in [1.54, 1.807) is 0 Å². The van der Waals surface area contributed by atoms with Gasteiger partial charge in [-0.2, -0.15) is 0 Å². The molecule has 0 spiro atoms. The Morgan fingerprint density at radius 3 is 3.13 bits per heavy atom. The molecular weight excluding hydrogens is 184 g/mol. The molecule has 1 heterocycles. The molecule has 0 amide bonds. The van der Waals surface area contributed by atoms with Crippen molar-refractivity contribution in [1.29, 1.82) is 0 Å². The highest BCUT2D eigenvalue weighted by Crippen LogP contribution is 2.30. The number of nitrogens with one attached hydrogen (secondary N) is 1. The molecule has 76 valence electrons. The van der Waals surface area contributed by atoms with Gasteiger partial charge < -0.3 is 11.1 Å². The van der Waals surface area contributed by atoms with Gasteiger partial charge in [-0.3, -0.25) is 0 Å². The van der Waals surface area contributed by atoms with Crippen LogP contribution >= 0.6 is 0 Å². The van der Waals surface area contributed by atoms with E-state index in [9.17, 15) is 0 Å². The van der Waals surface area contributed by atoms with Crippen LogP contribution in [-0.2, 0) is 0 Å². The minimum absolute atomic E-state index is 0.278. The van der Waals surface area contributed by atoms with Gasteiger partial charge in [-0.15, -0.1) is 0 Å². The highest BCUT2D eigenvalue weighted by molar-refractivity contribution is 5.55. The van der Waals surface area contributed by atoms with E-state index in [2.05, 4.69) is 35.7 Å². The van der Waals surface area contributed by atoms with Crippen molar-refractivity contribution in [1.82, 2.24) is 5.32 Å². The van der Waals surface area contributed by atoms with Crippen molar-refractivity contribution in [3.8, 4) is 0 Å². The molecule has 0 aromatic heterocycles. The molecule has 0 fully saturated rings. The molecule has 1 aliphatic heterocycles. The largest absolute Gasteiger partial charge is 0.398 e. The van der Waals surface area contributed by atoms with Crippen molar-refractivity contribution in [3.05, 3.63) is 59.0 Å². The second kappa shape index (κ2) is 3.16. The summed E-state index contributed by atoms with van der Waals surface area (Å²) in [7, 11) is 0. The van der Waals surface area contributed by atoms with Crippen molar-refractivity contribution in [2.75, 3.05) is 0 Å². The van der Waals surface area contributed by atoms with Gasteiger partial charge in [0.05, 0.1) is 6.04 Å². The summed E-state index contributed by atoms with van der Waals surface area (Å²) in [6.07, 6.45) is 14.9. The Hall–Kier alpha value is -1.70. The van der Waals surface area contributed by atoms with Gasteiger partial charge in [0, 0.05) is 22.5 Å². The average molecular weight is 198 g/mol. The molecule has 0 aromatic carbocycles. The molecule has 0 unspecified atom stereocenters. The smallest absolute Gasteiger partial charge is 0.0718 e. The number of rotatable bonds is 0.